The van der Waals surface area contributed by atoms with Gasteiger partial charge in [-0.3, -0.25) is 0 Å². The number of aryl methyl sites for hydroxylation is 1. The van der Waals surface area contributed by atoms with Crippen molar-refractivity contribution >= 4 is 22.8 Å². The molecular formula is C12H12N2OS. The van der Waals surface area contributed by atoms with Gasteiger partial charge in [0.05, 0.1) is 10.6 Å². The third kappa shape index (κ3) is 2.12. The Hall–Kier alpha value is -1.68. The van der Waals surface area contributed by atoms with Gasteiger partial charge in [0, 0.05) is 6.42 Å². The van der Waals surface area contributed by atoms with Crippen LogP contribution in [0.5, 0.6) is 0 Å². The summed E-state index contributed by atoms with van der Waals surface area (Å²) in [6.45, 7) is 1.95. The molecule has 1 aromatic carbocycles. The smallest absolute Gasteiger partial charge is 0.180 e. The van der Waals surface area contributed by atoms with Crippen molar-refractivity contribution in [1.82, 2.24) is 4.98 Å². The van der Waals surface area contributed by atoms with Crippen molar-refractivity contribution in [2.24, 2.45) is 0 Å². The van der Waals surface area contributed by atoms with Gasteiger partial charge >= 0.3 is 0 Å². The highest BCUT2D eigenvalue weighted by Gasteiger charge is 2.07. The van der Waals surface area contributed by atoms with Crippen LogP contribution in [0.3, 0.4) is 0 Å². The van der Waals surface area contributed by atoms with Gasteiger partial charge in [0.25, 0.3) is 0 Å². The van der Waals surface area contributed by atoms with Crippen molar-refractivity contribution < 1.29 is 4.79 Å². The van der Waals surface area contributed by atoms with E-state index in [2.05, 4.69) is 4.98 Å². The summed E-state index contributed by atoms with van der Waals surface area (Å²) in [4.78, 5) is 15.6. The second kappa shape index (κ2) is 4.45. The van der Waals surface area contributed by atoms with Crippen molar-refractivity contribution in [3.63, 3.8) is 0 Å². The molecule has 82 valence electrons. The Labute approximate surface area is 97.9 Å². The number of hydrogen-bond donors (Lipinski definition) is 1. The van der Waals surface area contributed by atoms with E-state index in [0.29, 0.717) is 11.6 Å². The average Bonchev–Trinajstić information content (AvgIpc) is 2.59. The number of anilines is 1. The third-order valence-corrected chi connectivity index (χ3v) is 3.38. The number of hydrogen-bond acceptors (Lipinski definition) is 4. The number of thiazole rings is 1. The molecule has 2 aromatic rings. The van der Waals surface area contributed by atoms with Gasteiger partial charge in [-0.2, -0.15) is 0 Å². The van der Waals surface area contributed by atoms with Gasteiger partial charge in [0.15, 0.2) is 5.13 Å². The number of aromatic nitrogens is 1. The van der Waals surface area contributed by atoms with Gasteiger partial charge in [0.1, 0.15) is 6.29 Å². The molecule has 1 aromatic heterocycles. The van der Waals surface area contributed by atoms with E-state index < -0.39 is 0 Å². The molecule has 0 amide bonds. The molecule has 0 aliphatic heterocycles. The quantitative estimate of drug-likeness (QED) is 0.827. The molecule has 0 saturated carbocycles. The maximum Gasteiger partial charge on any atom is 0.180 e. The summed E-state index contributed by atoms with van der Waals surface area (Å²) < 4.78 is 0. The maximum absolute atomic E-state index is 10.4. The Bertz CT molecular complexity index is 502. The molecule has 0 radical (unpaired) electrons. The Morgan fingerprint density at radius 3 is 2.56 bits per heavy atom. The van der Waals surface area contributed by atoms with E-state index in [1.165, 1.54) is 11.3 Å². The Kier molecular flexibility index (Phi) is 3.01. The minimum absolute atomic E-state index is 0.462. The van der Waals surface area contributed by atoms with Crippen LogP contribution in [0.2, 0.25) is 0 Å². The molecule has 1 heterocycles. The summed E-state index contributed by atoms with van der Waals surface area (Å²) in [5.41, 5.74) is 8.73. The summed E-state index contributed by atoms with van der Waals surface area (Å²) in [6, 6.07) is 7.91. The van der Waals surface area contributed by atoms with Crippen LogP contribution in [0.1, 0.15) is 11.3 Å². The first kappa shape index (κ1) is 10.8. The molecule has 2 rings (SSSR count). The van der Waals surface area contributed by atoms with Crippen LogP contribution >= 0.6 is 11.3 Å². The summed E-state index contributed by atoms with van der Waals surface area (Å²) in [5, 5.41) is 0.587. The summed E-state index contributed by atoms with van der Waals surface area (Å²) in [6.07, 6.45) is 1.37. The van der Waals surface area contributed by atoms with Gasteiger partial charge in [-0.25, -0.2) is 4.98 Å². The van der Waals surface area contributed by atoms with Gasteiger partial charge in [0.2, 0.25) is 0 Å². The summed E-state index contributed by atoms with van der Waals surface area (Å²) >= 11 is 1.48. The lowest BCUT2D eigenvalue weighted by atomic mass is 10.1. The van der Waals surface area contributed by atoms with Crippen LogP contribution in [0, 0.1) is 6.92 Å². The van der Waals surface area contributed by atoms with Crippen molar-refractivity contribution in [3.8, 4) is 10.4 Å². The summed E-state index contributed by atoms with van der Waals surface area (Å²) in [5.74, 6) is 0. The normalized spacial score (nSPS) is 10.3. The number of benzene rings is 1. The second-order valence-corrected chi connectivity index (χ2v) is 4.57. The van der Waals surface area contributed by atoms with Crippen molar-refractivity contribution in [2.45, 2.75) is 13.3 Å². The molecule has 16 heavy (non-hydrogen) atoms. The first-order chi connectivity index (χ1) is 7.70. The highest BCUT2D eigenvalue weighted by molar-refractivity contribution is 7.18. The molecule has 0 aliphatic carbocycles. The van der Waals surface area contributed by atoms with Gasteiger partial charge in [-0.1, -0.05) is 35.6 Å². The Morgan fingerprint density at radius 1 is 1.38 bits per heavy atom. The Morgan fingerprint density at radius 2 is 2.06 bits per heavy atom. The number of carbonyl (C=O) groups excluding carboxylic acids is 1. The highest BCUT2D eigenvalue weighted by Crippen LogP contribution is 2.31. The molecule has 3 nitrogen and oxygen atoms in total. The monoisotopic (exact) mass is 232 g/mol. The number of nitrogens with zero attached hydrogens (tertiary/aromatic N) is 1. The van der Waals surface area contributed by atoms with Crippen molar-refractivity contribution in [3.05, 3.63) is 35.5 Å². The minimum atomic E-state index is 0.462. The van der Waals surface area contributed by atoms with E-state index in [0.717, 1.165) is 28.0 Å². The van der Waals surface area contributed by atoms with Gasteiger partial charge in [-0.05, 0) is 18.1 Å². The van der Waals surface area contributed by atoms with E-state index in [1.54, 1.807) is 0 Å². The van der Waals surface area contributed by atoms with Crippen LogP contribution in [0.25, 0.3) is 10.4 Å². The van der Waals surface area contributed by atoms with Gasteiger partial charge in [-0.15, -0.1) is 0 Å². The zero-order valence-corrected chi connectivity index (χ0v) is 9.75. The van der Waals surface area contributed by atoms with Crippen LogP contribution in [0.4, 0.5) is 5.13 Å². The SMILES string of the molecule is Cc1nc(N)sc1-c1ccc(CC=O)cc1. The molecule has 0 aliphatic rings. The van der Waals surface area contributed by atoms with Crippen LogP contribution < -0.4 is 5.73 Å². The van der Waals surface area contributed by atoms with Gasteiger partial charge < -0.3 is 10.5 Å². The van der Waals surface area contributed by atoms with E-state index >= 15 is 0 Å². The molecule has 0 bridgehead atoms. The lowest BCUT2D eigenvalue weighted by molar-refractivity contribution is -0.107. The first-order valence-electron chi connectivity index (χ1n) is 4.96. The highest BCUT2D eigenvalue weighted by atomic mass is 32.1. The predicted molar refractivity (Wildman–Crippen MR) is 66.5 cm³/mol. The number of nitrogen functional groups attached to an aromatic ring is 1. The zero-order chi connectivity index (χ0) is 11.5. The summed E-state index contributed by atoms with van der Waals surface area (Å²) in [7, 11) is 0. The number of nitrogens with two attached hydrogens (primary N) is 1. The number of carbonyl (C=O) groups is 1. The molecule has 2 N–H and O–H groups in total. The predicted octanol–water partition coefficient (Wildman–Crippen LogP) is 2.44. The number of aldehydes is 1. The maximum atomic E-state index is 10.4. The molecule has 0 unspecified atom stereocenters. The molecular weight excluding hydrogens is 220 g/mol. The van der Waals surface area contributed by atoms with Crippen LogP contribution in [-0.2, 0) is 11.2 Å². The largest absolute Gasteiger partial charge is 0.375 e. The van der Waals surface area contributed by atoms with Crippen molar-refractivity contribution in [1.29, 1.82) is 0 Å². The fourth-order valence-corrected chi connectivity index (χ4v) is 2.41. The topological polar surface area (TPSA) is 56.0 Å². The Balaban J connectivity index is 2.34. The lowest BCUT2D eigenvalue weighted by Gasteiger charge is -2.00. The van der Waals surface area contributed by atoms with Crippen LogP contribution in [-0.4, -0.2) is 11.3 Å². The fraction of sp³-hybridized carbons (Fsp3) is 0.167. The fourth-order valence-electron chi connectivity index (χ4n) is 1.57. The van der Waals surface area contributed by atoms with E-state index in [1.807, 2.05) is 31.2 Å². The third-order valence-electron chi connectivity index (χ3n) is 2.35. The molecule has 0 fully saturated rings. The molecule has 0 spiro atoms. The average molecular weight is 232 g/mol. The second-order valence-electron chi connectivity index (χ2n) is 3.53. The van der Waals surface area contributed by atoms with E-state index in [9.17, 15) is 4.79 Å². The van der Waals surface area contributed by atoms with E-state index in [4.69, 9.17) is 5.73 Å². The first-order valence-corrected chi connectivity index (χ1v) is 5.78. The van der Waals surface area contributed by atoms with E-state index in [-0.39, 0.29) is 0 Å². The van der Waals surface area contributed by atoms with Crippen LogP contribution in [0.15, 0.2) is 24.3 Å². The standard InChI is InChI=1S/C12H12N2OS/c1-8-11(16-12(13)14-8)10-4-2-9(3-5-10)6-7-15/h2-5,7H,6H2,1H3,(H2,13,14). The van der Waals surface area contributed by atoms with Crippen molar-refractivity contribution in [2.75, 3.05) is 5.73 Å². The molecule has 0 saturated heterocycles. The molecule has 0 atom stereocenters. The lowest BCUT2D eigenvalue weighted by Crippen LogP contribution is -1.85. The number of rotatable bonds is 3. The zero-order valence-electron chi connectivity index (χ0n) is 8.93. The molecule has 4 heteroatoms. The minimum Gasteiger partial charge on any atom is -0.375 e.